The summed E-state index contributed by atoms with van der Waals surface area (Å²) in [6.07, 6.45) is 4.46. The number of nitrogens with zero attached hydrogens (tertiary/aromatic N) is 4. The fourth-order valence-electron chi connectivity index (χ4n) is 3.83. The zero-order chi connectivity index (χ0) is 17.4. The van der Waals surface area contributed by atoms with E-state index in [-0.39, 0.29) is 23.7 Å². The Kier molecular flexibility index (Phi) is 3.99. The summed E-state index contributed by atoms with van der Waals surface area (Å²) in [7, 11) is 0. The third kappa shape index (κ3) is 3.01. The van der Waals surface area contributed by atoms with Gasteiger partial charge in [0, 0.05) is 44.3 Å². The number of amides is 2. The van der Waals surface area contributed by atoms with Crippen LogP contribution in [0.2, 0.25) is 0 Å². The Morgan fingerprint density at radius 3 is 3.00 bits per heavy atom. The lowest BCUT2D eigenvalue weighted by Gasteiger charge is -2.33. The van der Waals surface area contributed by atoms with Crippen LogP contribution in [0.5, 0.6) is 0 Å². The van der Waals surface area contributed by atoms with E-state index in [4.69, 9.17) is 0 Å². The van der Waals surface area contributed by atoms with Crippen LogP contribution in [0, 0.1) is 18.8 Å². The fourth-order valence-corrected chi connectivity index (χ4v) is 3.83. The summed E-state index contributed by atoms with van der Waals surface area (Å²) in [4.78, 5) is 33.2. The smallest absolute Gasteiger partial charge is 0.274 e. The number of H-pyrrole nitrogens is 1. The molecule has 2 amide bonds. The molecule has 2 aromatic heterocycles. The second-order valence-electron chi connectivity index (χ2n) is 6.92. The molecule has 4 heterocycles. The first-order valence-corrected chi connectivity index (χ1v) is 8.61. The Hall–Kier alpha value is -2.70. The Morgan fingerprint density at radius 1 is 1.40 bits per heavy atom. The molecule has 0 aromatic carbocycles. The van der Waals surface area contributed by atoms with Gasteiger partial charge in [-0.2, -0.15) is 5.10 Å². The third-order valence-electron chi connectivity index (χ3n) is 5.15. The molecular formula is C18H21N5O2. The summed E-state index contributed by atoms with van der Waals surface area (Å²) in [5, 5.41) is 6.85. The van der Waals surface area contributed by atoms with Crippen molar-refractivity contribution in [2.75, 3.05) is 19.6 Å². The maximum Gasteiger partial charge on any atom is 0.274 e. The van der Waals surface area contributed by atoms with Crippen molar-refractivity contribution in [3.05, 3.63) is 47.5 Å². The van der Waals surface area contributed by atoms with Crippen molar-refractivity contribution in [1.29, 1.82) is 0 Å². The standard InChI is InChI=1S/C18H21N5O2/c1-12-7-16(21-20-12)18(25)23-10-14-4-6-22(17(24)15(14)11-23)9-13-3-2-5-19-8-13/h2-3,5,7-8,14-15H,4,6,9-11H2,1H3,(H,20,21)/t14-,15+/m0/s1. The molecule has 0 saturated carbocycles. The van der Waals surface area contributed by atoms with Crippen molar-refractivity contribution in [3.8, 4) is 0 Å². The molecule has 0 spiro atoms. The van der Waals surface area contributed by atoms with Crippen LogP contribution in [0.4, 0.5) is 0 Å². The molecule has 0 bridgehead atoms. The van der Waals surface area contributed by atoms with E-state index in [1.165, 1.54) is 0 Å². The predicted molar refractivity (Wildman–Crippen MR) is 90.5 cm³/mol. The Morgan fingerprint density at radius 2 is 2.28 bits per heavy atom. The quantitative estimate of drug-likeness (QED) is 0.912. The highest BCUT2D eigenvalue weighted by Crippen LogP contribution is 2.33. The Bertz CT molecular complexity index is 788. The largest absolute Gasteiger partial charge is 0.338 e. The molecule has 1 N–H and O–H groups in total. The number of nitrogens with one attached hydrogen (secondary N) is 1. The zero-order valence-electron chi connectivity index (χ0n) is 14.2. The topological polar surface area (TPSA) is 82.2 Å². The van der Waals surface area contributed by atoms with Crippen LogP contribution in [-0.4, -0.2) is 56.4 Å². The van der Waals surface area contributed by atoms with Crippen LogP contribution in [0.15, 0.2) is 30.6 Å². The summed E-state index contributed by atoms with van der Waals surface area (Å²) in [5.74, 6) is 0.204. The van der Waals surface area contributed by atoms with Gasteiger partial charge < -0.3 is 9.80 Å². The number of piperidine rings is 1. The second kappa shape index (κ2) is 6.31. The lowest BCUT2D eigenvalue weighted by molar-refractivity contribution is -0.140. The minimum absolute atomic E-state index is 0.0923. The van der Waals surface area contributed by atoms with E-state index in [2.05, 4.69) is 15.2 Å². The maximum atomic E-state index is 12.9. The van der Waals surface area contributed by atoms with E-state index in [1.807, 2.05) is 24.0 Å². The van der Waals surface area contributed by atoms with Crippen LogP contribution >= 0.6 is 0 Å². The number of carbonyl (C=O) groups is 2. The molecule has 25 heavy (non-hydrogen) atoms. The molecule has 7 nitrogen and oxygen atoms in total. The molecule has 2 aliphatic heterocycles. The average molecular weight is 339 g/mol. The van der Waals surface area contributed by atoms with Gasteiger partial charge in [0.25, 0.3) is 5.91 Å². The van der Waals surface area contributed by atoms with E-state index in [0.717, 1.165) is 24.2 Å². The zero-order valence-corrected chi connectivity index (χ0v) is 14.2. The van der Waals surface area contributed by atoms with Gasteiger partial charge in [-0.1, -0.05) is 6.07 Å². The molecule has 2 fully saturated rings. The monoisotopic (exact) mass is 339 g/mol. The van der Waals surface area contributed by atoms with Crippen molar-refractivity contribution in [2.45, 2.75) is 19.9 Å². The van der Waals surface area contributed by atoms with Gasteiger partial charge in [-0.25, -0.2) is 0 Å². The minimum Gasteiger partial charge on any atom is -0.338 e. The van der Waals surface area contributed by atoms with Gasteiger partial charge in [0.1, 0.15) is 5.69 Å². The summed E-state index contributed by atoms with van der Waals surface area (Å²) in [6, 6.07) is 5.62. The molecule has 130 valence electrons. The molecule has 0 radical (unpaired) electrons. The highest BCUT2D eigenvalue weighted by atomic mass is 16.2. The average Bonchev–Trinajstić information content (AvgIpc) is 3.24. The summed E-state index contributed by atoms with van der Waals surface area (Å²) in [5.41, 5.74) is 2.32. The number of carbonyl (C=O) groups excluding carboxylic acids is 2. The summed E-state index contributed by atoms with van der Waals surface area (Å²) in [6.45, 7) is 4.31. The number of aromatic amines is 1. The first-order valence-electron chi connectivity index (χ1n) is 8.61. The molecule has 0 unspecified atom stereocenters. The van der Waals surface area contributed by atoms with Crippen molar-refractivity contribution in [2.24, 2.45) is 11.8 Å². The van der Waals surface area contributed by atoms with Crippen LogP contribution < -0.4 is 0 Å². The number of likely N-dealkylation sites (tertiary alicyclic amines) is 2. The summed E-state index contributed by atoms with van der Waals surface area (Å²) < 4.78 is 0. The van der Waals surface area contributed by atoms with Crippen molar-refractivity contribution in [3.63, 3.8) is 0 Å². The number of hydrogen-bond donors (Lipinski definition) is 1. The van der Waals surface area contributed by atoms with Crippen LogP contribution in [0.1, 0.15) is 28.2 Å². The van der Waals surface area contributed by atoms with Crippen molar-refractivity contribution < 1.29 is 9.59 Å². The van der Waals surface area contributed by atoms with E-state index in [9.17, 15) is 9.59 Å². The van der Waals surface area contributed by atoms with Gasteiger partial charge in [0.2, 0.25) is 5.91 Å². The molecule has 4 rings (SSSR count). The molecule has 2 aliphatic rings. The highest BCUT2D eigenvalue weighted by Gasteiger charge is 2.44. The normalized spacial score (nSPS) is 23.0. The van der Waals surface area contributed by atoms with Gasteiger partial charge in [-0.05, 0) is 37.0 Å². The summed E-state index contributed by atoms with van der Waals surface area (Å²) >= 11 is 0. The number of pyridine rings is 1. The van der Waals surface area contributed by atoms with E-state index < -0.39 is 0 Å². The van der Waals surface area contributed by atoms with Crippen LogP contribution in [0.3, 0.4) is 0 Å². The highest BCUT2D eigenvalue weighted by molar-refractivity contribution is 5.93. The lowest BCUT2D eigenvalue weighted by Crippen LogP contribution is -2.44. The molecule has 7 heteroatoms. The van der Waals surface area contributed by atoms with Crippen molar-refractivity contribution in [1.82, 2.24) is 25.0 Å². The van der Waals surface area contributed by atoms with E-state index in [1.54, 1.807) is 23.4 Å². The van der Waals surface area contributed by atoms with Gasteiger partial charge in [-0.15, -0.1) is 0 Å². The Labute approximate surface area is 146 Å². The van der Waals surface area contributed by atoms with Gasteiger partial charge in [0.05, 0.1) is 5.92 Å². The molecule has 0 aliphatic carbocycles. The van der Waals surface area contributed by atoms with E-state index >= 15 is 0 Å². The lowest BCUT2D eigenvalue weighted by atomic mass is 9.88. The number of aromatic nitrogens is 3. The SMILES string of the molecule is Cc1cc(C(=O)N2C[C@@H]3CCN(Cc4cccnc4)C(=O)[C@@H]3C2)n[nH]1. The number of fused-ring (bicyclic) bond motifs is 1. The fraction of sp³-hybridized carbons (Fsp3) is 0.444. The van der Waals surface area contributed by atoms with Crippen LogP contribution in [0.25, 0.3) is 0 Å². The molecule has 2 aromatic rings. The van der Waals surface area contributed by atoms with Gasteiger partial charge in [0.15, 0.2) is 0 Å². The first-order chi connectivity index (χ1) is 12.1. The first kappa shape index (κ1) is 15.8. The van der Waals surface area contributed by atoms with Crippen molar-refractivity contribution >= 4 is 11.8 Å². The van der Waals surface area contributed by atoms with Crippen LogP contribution in [-0.2, 0) is 11.3 Å². The molecule has 2 atom stereocenters. The number of hydrogen-bond acceptors (Lipinski definition) is 4. The third-order valence-corrected chi connectivity index (χ3v) is 5.15. The minimum atomic E-state index is -0.102. The van der Waals surface area contributed by atoms with Gasteiger partial charge >= 0.3 is 0 Å². The second-order valence-corrected chi connectivity index (χ2v) is 6.92. The van der Waals surface area contributed by atoms with Gasteiger partial charge in [-0.3, -0.25) is 19.7 Å². The molecule has 2 saturated heterocycles. The van der Waals surface area contributed by atoms with E-state index in [0.29, 0.717) is 25.3 Å². The predicted octanol–water partition coefficient (Wildman–Crippen LogP) is 1.23. The number of rotatable bonds is 3. The number of aryl methyl sites for hydroxylation is 1. The Balaban J connectivity index is 1.44. The molecular weight excluding hydrogens is 318 g/mol. The maximum absolute atomic E-state index is 12.9.